The van der Waals surface area contributed by atoms with Crippen molar-refractivity contribution in [3.05, 3.63) is 66.9 Å². The quantitative estimate of drug-likeness (QED) is 0.565. The molecule has 2 aromatic carbocycles. The van der Waals surface area contributed by atoms with Crippen LogP contribution in [0.1, 0.15) is 0 Å². The molecule has 2 heterocycles. The largest absolute Gasteiger partial charge is 0.497 e. The third kappa shape index (κ3) is 2.80. The Labute approximate surface area is 145 Å². The number of aromatic nitrogens is 3. The highest BCUT2D eigenvalue weighted by Gasteiger charge is 2.09. The SMILES string of the molecule is COc1ccc(-c2ccc3nnc(-c4ccc(OC)cc4)n3c2)cc1. The first-order chi connectivity index (χ1) is 12.3. The summed E-state index contributed by atoms with van der Waals surface area (Å²) in [5.41, 5.74) is 3.99. The Balaban J connectivity index is 1.78. The highest BCUT2D eigenvalue weighted by atomic mass is 16.5. The van der Waals surface area contributed by atoms with Gasteiger partial charge in [-0.1, -0.05) is 12.1 Å². The van der Waals surface area contributed by atoms with Gasteiger partial charge in [0.25, 0.3) is 0 Å². The smallest absolute Gasteiger partial charge is 0.168 e. The van der Waals surface area contributed by atoms with E-state index >= 15 is 0 Å². The number of ether oxygens (including phenoxy) is 2. The number of pyridine rings is 1. The van der Waals surface area contributed by atoms with Crippen molar-refractivity contribution in [3.8, 4) is 34.0 Å². The van der Waals surface area contributed by atoms with Gasteiger partial charge in [-0.15, -0.1) is 10.2 Å². The van der Waals surface area contributed by atoms with Gasteiger partial charge in [0, 0.05) is 11.8 Å². The van der Waals surface area contributed by atoms with Crippen LogP contribution < -0.4 is 9.47 Å². The van der Waals surface area contributed by atoms with Crippen molar-refractivity contribution in [3.63, 3.8) is 0 Å². The Morgan fingerprint density at radius 3 is 1.80 bits per heavy atom. The van der Waals surface area contributed by atoms with Crippen LogP contribution in [0.25, 0.3) is 28.2 Å². The van der Waals surface area contributed by atoms with Crippen molar-refractivity contribution in [1.29, 1.82) is 0 Å². The maximum Gasteiger partial charge on any atom is 0.168 e. The molecule has 4 rings (SSSR count). The minimum absolute atomic E-state index is 0.799. The number of benzene rings is 2. The van der Waals surface area contributed by atoms with E-state index in [9.17, 15) is 0 Å². The lowest BCUT2D eigenvalue weighted by atomic mass is 10.1. The van der Waals surface area contributed by atoms with Crippen LogP contribution >= 0.6 is 0 Å². The van der Waals surface area contributed by atoms with Gasteiger partial charge in [-0.25, -0.2) is 0 Å². The summed E-state index contributed by atoms with van der Waals surface area (Å²) in [5, 5.41) is 8.60. The standard InChI is InChI=1S/C20H17N3O2/c1-24-17-8-3-14(4-9-17)16-7-12-19-21-22-20(23(19)13-16)15-5-10-18(25-2)11-6-15/h3-13H,1-2H3. The zero-order valence-electron chi connectivity index (χ0n) is 14.0. The van der Waals surface area contributed by atoms with Crippen molar-refractivity contribution in [2.75, 3.05) is 14.2 Å². The molecule has 25 heavy (non-hydrogen) atoms. The molecular formula is C20H17N3O2. The molecule has 4 aromatic rings. The van der Waals surface area contributed by atoms with E-state index in [2.05, 4.69) is 16.4 Å². The maximum atomic E-state index is 5.22. The molecule has 0 fully saturated rings. The molecule has 0 aliphatic heterocycles. The van der Waals surface area contributed by atoms with E-state index in [1.165, 1.54) is 0 Å². The minimum atomic E-state index is 0.799. The fraction of sp³-hybridized carbons (Fsp3) is 0.100. The van der Waals surface area contributed by atoms with Crippen LogP contribution in [0.15, 0.2) is 66.9 Å². The molecule has 0 saturated carbocycles. The van der Waals surface area contributed by atoms with E-state index in [0.717, 1.165) is 39.7 Å². The molecule has 5 nitrogen and oxygen atoms in total. The van der Waals surface area contributed by atoms with Gasteiger partial charge < -0.3 is 9.47 Å². The van der Waals surface area contributed by atoms with E-state index < -0.39 is 0 Å². The third-order valence-electron chi connectivity index (χ3n) is 4.17. The molecular weight excluding hydrogens is 314 g/mol. The maximum absolute atomic E-state index is 5.22. The molecule has 0 saturated heterocycles. The Bertz CT molecular complexity index is 1010. The van der Waals surface area contributed by atoms with Crippen molar-refractivity contribution in [2.45, 2.75) is 0 Å². The summed E-state index contributed by atoms with van der Waals surface area (Å²) in [5.74, 6) is 2.46. The van der Waals surface area contributed by atoms with Crippen LogP contribution in [-0.2, 0) is 0 Å². The molecule has 0 atom stereocenters. The molecule has 0 unspecified atom stereocenters. The predicted molar refractivity (Wildman–Crippen MR) is 97.0 cm³/mol. The van der Waals surface area contributed by atoms with E-state index in [1.54, 1.807) is 14.2 Å². The molecule has 0 radical (unpaired) electrons. The molecule has 0 spiro atoms. The molecule has 124 valence electrons. The van der Waals surface area contributed by atoms with E-state index in [4.69, 9.17) is 9.47 Å². The summed E-state index contributed by atoms with van der Waals surface area (Å²) < 4.78 is 12.4. The van der Waals surface area contributed by atoms with Crippen molar-refractivity contribution in [2.24, 2.45) is 0 Å². The van der Waals surface area contributed by atoms with Crippen molar-refractivity contribution < 1.29 is 9.47 Å². The second-order valence-corrected chi connectivity index (χ2v) is 5.63. The van der Waals surface area contributed by atoms with Crippen molar-refractivity contribution >= 4 is 5.65 Å². The molecule has 0 aliphatic carbocycles. The van der Waals surface area contributed by atoms with Crippen LogP contribution in [0.4, 0.5) is 0 Å². The first kappa shape index (κ1) is 15.2. The monoisotopic (exact) mass is 331 g/mol. The van der Waals surface area contributed by atoms with Crippen LogP contribution in [0.2, 0.25) is 0 Å². The van der Waals surface area contributed by atoms with Gasteiger partial charge in [-0.05, 0) is 59.7 Å². The first-order valence-electron chi connectivity index (χ1n) is 7.92. The molecule has 0 bridgehead atoms. The number of fused-ring (bicyclic) bond motifs is 1. The normalized spacial score (nSPS) is 10.8. The average molecular weight is 331 g/mol. The fourth-order valence-corrected chi connectivity index (χ4v) is 2.78. The Hall–Kier alpha value is -3.34. The summed E-state index contributed by atoms with van der Waals surface area (Å²) >= 11 is 0. The van der Waals surface area contributed by atoms with Gasteiger partial charge in [0.15, 0.2) is 11.5 Å². The summed E-state index contributed by atoms with van der Waals surface area (Å²) in [6.45, 7) is 0. The van der Waals surface area contributed by atoms with Crippen LogP contribution in [0.5, 0.6) is 11.5 Å². The van der Waals surface area contributed by atoms with Gasteiger partial charge in [0.2, 0.25) is 0 Å². The van der Waals surface area contributed by atoms with Gasteiger partial charge in [0.1, 0.15) is 11.5 Å². The Kier molecular flexibility index (Phi) is 3.82. The number of methoxy groups -OCH3 is 2. The summed E-state index contributed by atoms with van der Waals surface area (Å²) in [4.78, 5) is 0. The van der Waals surface area contributed by atoms with Gasteiger partial charge in [-0.2, -0.15) is 0 Å². The third-order valence-corrected chi connectivity index (χ3v) is 4.17. The average Bonchev–Trinajstić information content (AvgIpc) is 3.11. The molecule has 0 N–H and O–H groups in total. The number of hydrogen-bond acceptors (Lipinski definition) is 4. The number of nitrogens with zero attached hydrogens (tertiary/aromatic N) is 3. The highest BCUT2D eigenvalue weighted by molar-refractivity contribution is 5.68. The van der Waals surface area contributed by atoms with Crippen LogP contribution in [0, 0.1) is 0 Å². The van der Waals surface area contributed by atoms with Gasteiger partial charge >= 0.3 is 0 Å². The lowest BCUT2D eigenvalue weighted by molar-refractivity contribution is 0.414. The zero-order chi connectivity index (χ0) is 17.2. The minimum Gasteiger partial charge on any atom is -0.497 e. The van der Waals surface area contributed by atoms with Gasteiger partial charge in [0.05, 0.1) is 14.2 Å². The summed E-state index contributed by atoms with van der Waals surface area (Å²) in [6.07, 6.45) is 2.05. The Morgan fingerprint density at radius 1 is 0.640 bits per heavy atom. The van der Waals surface area contributed by atoms with Gasteiger partial charge in [-0.3, -0.25) is 4.40 Å². The number of rotatable bonds is 4. The van der Waals surface area contributed by atoms with Crippen LogP contribution in [0.3, 0.4) is 0 Å². The molecule has 0 aliphatic rings. The highest BCUT2D eigenvalue weighted by Crippen LogP contribution is 2.26. The molecule has 5 heteroatoms. The summed E-state index contributed by atoms with van der Waals surface area (Å²) in [6, 6.07) is 19.8. The second kappa shape index (κ2) is 6.28. The molecule has 0 amide bonds. The lowest BCUT2D eigenvalue weighted by Crippen LogP contribution is -1.91. The molecule has 2 aromatic heterocycles. The lowest BCUT2D eigenvalue weighted by Gasteiger charge is -2.06. The predicted octanol–water partition coefficient (Wildman–Crippen LogP) is 4.08. The van der Waals surface area contributed by atoms with E-state index in [-0.39, 0.29) is 0 Å². The van der Waals surface area contributed by atoms with E-state index in [0.29, 0.717) is 0 Å². The van der Waals surface area contributed by atoms with Crippen molar-refractivity contribution in [1.82, 2.24) is 14.6 Å². The summed E-state index contributed by atoms with van der Waals surface area (Å²) in [7, 11) is 3.32. The first-order valence-corrected chi connectivity index (χ1v) is 7.92. The van der Waals surface area contributed by atoms with Crippen LogP contribution in [-0.4, -0.2) is 28.8 Å². The second-order valence-electron chi connectivity index (χ2n) is 5.63. The van der Waals surface area contributed by atoms with E-state index in [1.807, 2.05) is 65.1 Å². The zero-order valence-corrected chi connectivity index (χ0v) is 14.0. The topological polar surface area (TPSA) is 48.7 Å². The number of hydrogen-bond donors (Lipinski definition) is 0. The Morgan fingerprint density at radius 2 is 1.20 bits per heavy atom. The fourth-order valence-electron chi connectivity index (χ4n) is 2.78.